The maximum atomic E-state index is 10.4. The predicted octanol–water partition coefficient (Wildman–Crippen LogP) is 3.60. The van der Waals surface area contributed by atoms with E-state index in [-0.39, 0.29) is 11.8 Å². The van der Waals surface area contributed by atoms with Crippen molar-refractivity contribution in [1.82, 2.24) is 9.88 Å². The van der Waals surface area contributed by atoms with Gasteiger partial charge < -0.3 is 20.1 Å². The summed E-state index contributed by atoms with van der Waals surface area (Å²) in [7, 11) is 0. The van der Waals surface area contributed by atoms with Gasteiger partial charge in [0.2, 0.25) is 0 Å². The first kappa shape index (κ1) is 17.6. The van der Waals surface area contributed by atoms with E-state index in [4.69, 9.17) is 0 Å². The van der Waals surface area contributed by atoms with Crippen LogP contribution in [0.15, 0.2) is 30.3 Å². The van der Waals surface area contributed by atoms with Crippen LogP contribution in [-0.2, 0) is 6.54 Å². The van der Waals surface area contributed by atoms with E-state index in [1.54, 1.807) is 24.3 Å². The van der Waals surface area contributed by atoms with Crippen molar-refractivity contribution in [3.05, 3.63) is 52.8 Å². The third kappa shape index (κ3) is 3.95. The average molecular weight is 316 g/mol. The summed E-state index contributed by atoms with van der Waals surface area (Å²) in [5.74, 6) is 0.211. The van der Waals surface area contributed by atoms with Gasteiger partial charge in [-0.25, -0.2) is 0 Å². The highest BCUT2D eigenvalue weighted by Gasteiger charge is 2.17. The maximum absolute atomic E-state index is 10.4. The topological polar surface area (TPSA) is 57.4 Å². The van der Waals surface area contributed by atoms with Crippen molar-refractivity contribution in [2.45, 2.75) is 59.4 Å². The van der Waals surface area contributed by atoms with Crippen LogP contribution >= 0.6 is 0 Å². The number of aliphatic hydroxyl groups is 1. The Balaban J connectivity index is 2.03. The van der Waals surface area contributed by atoms with Crippen molar-refractivity contribution < 1.29 is 10.2 Å². The molecule has 2 rings (SSSR count). The number of nitrogens with one attached hydrogen (secondary N) is 1. The lowest BCUT2D eigenvalue weighted by Crippen LogP contribution is -2.31. The Morgan fingerprint density at radius 3 is 2.22 bits per heavy atom. The van der Waals surface area contributed by atoms with E-state index in [0.717, 1.165) is 12.1 Å². The summed E-state index contributed by atoms with van der Waals surface area (Å²) in [4.78, 5) is 0. The third-order valence-corrected chi connectivity index (χ3v) is 4.43. The van der Waals surface area contributed by atoms with Crippen molar-refractivity contribution in [1.29, 1.82) is 0 Å². The number of phenols is 1. The number of aromatic nitrogens is 1. The molecule has 0 unspecified atom stereocenters. The Labute approximate surface area is 138 Å². The van der Waals surface area contributed by atoms with Crippen LogP contribution in [0, 0.1) is 13.8 Å². The summed E-state index contributed by atoms with van der Waals surface area (Å²) in [5.41, 5.74) is 4.61. The van der Waals surface area contributed by atoms with Gasteiger partial charge in [0.05, 0.1) is 6.10 Å². The molecule has 3 N–H and O–H groups in total. The van der Waals surface area contributed by atoms with Gasteiger partial charge in [-0.15, -0.1) is 0 Å². The highest BCUT2D eigenvalue weighted by atomic mass is 16.3. The second-order valence-electron chi connectivity index (χ2n) is 6.57. The van der Waals surface area contributed by atoms with Gasteiger partial charge in [0, 0.05) is 30.0 Å². The molecular weight excluding hydrogens is 288 g/mol. The van der Waals surface area contributed by atoms with Crippen LogP contribution < -0.4 is 5.32 Å². The summed E-state index contributed by atoms with van der Waals surface area (Å²) in [6.07, 6.45) is -0.607. The monoisotopic (exact) mass is 316 g/mol. The molecule has 0 aliphatic rings. The molecular formula is C19H28N2O2. The highest BCUT2D eigenvalue weighted by Crippen LogP contribution is 2.22. The van der Waals surface area contributed by atoms with Gasteiger partial charge in [-0.2, -0.15) is 0 Å². The fourth-order valence-corrected chi connectivity index (χ4v) is 3.16. The number of nitrogens with zero attached hydrogens (tertiary/aromatic N) is 1. The molecule has 1 aromatic carbocycles. The fraction of sp³-hybridized carbons (Fsp3) is 0.474. The summed E-state index contributed by atoms with van der Waals surface area (Å²) in [5, 5.41) is 23.2. The minimum Gasteiger partial charge on any atom is -0.508 e. The number of phenolic OH excluding ortho intramolecular Hbond substituents is 1. The molecule has 0 saturated carbocycles. The Bertz CT molecular complexity index is 644. The minimum atomic E-state index is -0.607. The molecule has 1 heterocycles. The van der Waals surface area contributed by atoms with Crippen LogP contribution in [0.5, 0.6) is 5.75 Å². The second kappa shape index (κ2) is 7.20. The zero-order chi connectivity index (χ0) is 17.1. The molecule has 0 fully saturated rings. The lowest BCUT2D eigenvalue weighted by atomic mass is 10.0. The zero-order valence-corrected chi connectivity index (χ0v) is 14.7. The number of hydrogen-bond donors (Lipinski definition) is 3. The number of aliphatic hydroxyl groups excluding tert-OH is 1. The summed E-state index contributed by atoms with van der Waals surface area (Å²) < 4.78 is 2.33. The number of aryl methyl sites for hydroxylation is 1. The smallest absolute Gasteiger partial charge is 0.115 e. The summed E-state index contributed by atoms with van der Waals surface area (Å²) in [6, 6.07) is 9.28. The van der Waals surface area contributed by atoms with Gasteiger partial charge in [-0.05, 0) is 63.9 Å². The van der Waals surface area contributed by atoms with Crippen molar-refractivity contribution in [3.63, 3.8) is 0 Å². The quantitative estimate of drug-likeness (QED) is 0.763. The van der Waals surface area contributed by atoms with Crippen molar-refractivity contribution in [3.8, 4) is 5.75 Å². The molecule has 2 aromatic rings. The maximum Gasteiger partial charge on any atom is 0.115 e. The number of hydrogen-bond acceptors (Lipinski definition) is 3. The lowest BCUT2D eigenvalue weighted by molar-refractivity contribution is 0.135. The fourth-order valence-electron chi connectivity index (χ4n) is 3.16. The van der Waals surface area contributed by atoms with Gasteiger partial charge in [-0.3, -0.25) is 0 Å². The first-order chi connectivity index (χ1) is 10.8. The standard InChI is InChI=1S/C19H28N2O2/c1-12(2)21-13(3)10-17(15(21)5)11-20-14(4)19(23)16-6-8-18(22)9-7-16/h6-10,12,14,19-20,22-23H,11H2,1-5H3/t14-,19-/m1/s1. The van der Waals surface area contributed by atoms with E-state index in [1.165, 1.54) is 17.0 Å². The third-order valence-electron chi connectivity index (χ3n) is 4.43. The van der Waals surface area contributed by atoms with E-state index < -0.39 is 6.10 Å². The molecule has 23 heavy (non-hydrogen) atoms. The lowest BCUT2D eigenvalue weighted by Gasteiger charge is -2.21. The number of rotatable bonds is 6. The first-order valence-electron chi connectivity index (χ1n) is 8.19. The summed E-state index contributed by atoms with van der Waals surface area (Å²) in [6.45, 7) is 11.3. The molecule has 0 aliphatic carbocycles. The van der Waals surface area contributed by atoms with E-state index >= 15 is 0 Å². The molecule has 0 aliphatic heterocycles. The van der Waals surface area contributed by atoms with E-state index in [9.17, 15) is 10.2 Å². The van der Waals surface area contributed by atoms with Gasteiger partial charge in [0.1, 0.15) is 5.75 Å². The van der Waals surface area contributed by atoms with Crippen molar-refractivity contribution >= 4 is 0 Å². The van der Waals surface area contributed by atoms with E-state index in [0.29, 0.717) is 6.04 Å². The average Bonchev–Trinajstić information content (AvgIpc) is 2.79. The molecule has 1 aromatic heterocycles. The highest BCUT2D eigenvalue weighted by molar-refractivity contribution is 5.29. The molecule has 2 atom stereocenters. The van der Waals surface area contributed by atoms with Crippen LogP contribution in [0.25, 0.3) is 0 Å². The molecule has 0 bridgehead atoms. The Morgan fingerprint density at radius 2 is 1.70 bits per heavy atom. The van der Waals surface area contributed by atoms with Crippen LogP contribution in [0.4, 0.5) is 0 Å². The minimum absolute atomic E-state index is 0.0818. The Morgan fingerprint density at radius 1 is 1.09 bits per heavy atom. The van der Waals surface area contributed by atoms with Gasteiger partial charge >= 0.3 is 0 Å². The summed E-state index contributed by atoms with van der Waals surface area (Å²) >= 11 is 0. The molecule has 0 amide bonds. The molecule has 0 radical (unpaired) electrons. The molecule has 0 spiro atoms. The van der Waals surface area contributed by atoms with Crippen molar-refractivity contribution in [2.75, 3.05) is 0 Å². The van der Waals surface area contributed by atoms with Crippen molar-refractivity contribution in [2.24, 2.45) is 0 Å². The number of benzene rings is 1. The van der Waals surface area contributed by atoms with Gasteiger partial charge in [-0.1, -0.05) is 12.1 Å². The van der Waals surface area contributed by atoms with Crippen LogP contribution in [0.1, 0.15) is 55.4 Å². The molecule has 4 heteroatoms. The molecule has 4 nitrogen and oxygen atoms in total. The van der Waals surface area contributed by atoms with E-state index in [2.05, 4.69) is 43.6 Å². The normalized spacial score (nSPS) is 14.2. The first-order valence-corrected chi connectivity index (χ1v) is 8.19. The predicted molar refractivity (Wildman–Crippen MR) is 93.7 cm³/mol. The van der Waals surface area contributed by atoms with Crippen LogP contribution in [-0.4, -0.2) is 20.8 Å². The Hall–Kier alpha value is -1.78. The zero-order valence-electron chi connectivity index (χ0n) is 14.7. The SMILES string of the molecule is Cc1cc(CN[C@H](C)[C@@H](O)c2ccc(O)cc2)c(C)n1C(C)C. The van der Waals surface area contributed by atoms with Crippen LogP contribution in [0.2, 0.25) is 0 Å². The molecule has 126 valence electrons. The van der Waals surface area contributed by atoms with Gasteiger partial charge in [0.15, 0.2) is 0 Å². The van der Waals surface area contributed by atoms with Gasteiger partial charge in [0.25, 0.3) is 0 Å². The number of aromatic hydroxyl groups is 1. The van der Waals surface area contributed by atoms with E-state index in [1.807, 2.05) is 6.92 Å². The largest absolute Gasteiger partial charge is 0.508 e. The second-order valence-corrected chi connectivity index (χ2v) is 6.57. The molecule has 0 saturated heterocycles. The van der Waals surface area contributed by atoms with Crippen LogP contribution in [0.3, 0.4) is 0 Å². The Kier molecular flexibility index (Phi) is 5.50.